The molecule has 1 atom stereocenters. The Hall–Kier alpha value is -1.33. The van der Waals surface area contributed by atoms with Crippen LogP contribution in [-0.4, -0.2) is 41.9 Å². The second-order valence-corrected chi connectivity index (χ2v) is 3.79. The molecule has 0 spiro atoms. The minimum Gasteiger partial charge on any atom is -0.394 e. The predicted molar refractivity (Wildman–Crippen MR) is 64.7 cm³/mol. The third kappa shape index (κ3) is 5.01. The Balaban J connectivity index is 2.13. The molecule has 2 N–H and O–H groups in total. The van der Waals surface area contributed by atoms with E-state index in [9.17, 15) is 4.79 Å². The maximum atomic E-state index is 11.7. The van der Waals surface area contributed by atoms with Crippen molar-refractivity contribution in [2.24, 2.45) is 0 Å². The average Bonchev–Trinajstić information content (AvgIpc) is 2.86. The molecule has 96 valence electrons. The zero-order valence-corrected chi connectivity index (χ0v) is 10.1. The van der Waals surface area contributed by atoms with E-state index in [0.717, 1.165) is 6.42 Å². The topological polar surface area (TPSA) is 63.5 Å². The van der Waals surface area contributed by atoms with Crippen molar-refractivity contribution in [3.63, 3.8) is 0 Å². The molecule has 0 aliphatic carbocycles. The van der Waals surface area contributed by atoms with Crippen LogP contribution in [0.25, 0.3) is 0 Å². The second kappa shape index (κ2) is 7.86. The molecule has 0 radical (unpaired) electrons. The van der Waals surface area contributed by atoms with Crippen molar-refractivity contribution >= 4 is 5.91 Å². The molecule has 1 rings (SSSR count). The van der Waals surface area contributed by atoms with Crippen LogP contribution in [0.2, 0.25) is 0 Å². The molecule has 17 heavy (non-hydrogen) atoms. The van der Waals surface area contributed by atoms with Crippen molar-refractivity contribution in [1.29, 1.82) is 0 Å². The Kier molecular flexibility index (Phi) is 6.35. The number of carbonyl (C=O) groups is 1. The van der Waals surface area contributed by atoms with Gasteiger partial charge in [-0.25, -0.2) is 0 Å². The summed E-state index contributed by atoms with van der Waals surface area (Å²) >= 11 is 0. The lowest BCUT2D eigenvalue weighted by Gasteiger charge is -2.13. The largest absolute Gasteiger partial charge is 0.394 e. The summed E-state index contributed by atoms with van der Waals surface area (Å²) < 4.78 is 6.95. The number of aliphatic hydroxyl groups is 1. The van der Waals surface area contributed by atoms with Gasteiger partial charge in [0.25, 0.3) is 0 Å². The lowest BCUT2D eigenvalue weighted by atomic mass is 10.3. The molecule has 5 nitrogen and oxygen atoms in total. The third-order valence-electron chi connectivity index (χ3n) is 2.45. The molecular formula is C12H20N2O3. The van der Waals surface area contributed by atoms with Crippen molar-refractivity contribution in [2.45, 2.75) is 19.4 Å². The first-order valence-corrected chi connectivity index (χ1v) is 5.84. The first-order valence-electron chi connectivity index (χ1n) is 5.84. The molecular weight excluding hydrogens is 220 g/mol. The van der Waals surface area contributed by atoms with Gasteiger partial charge < -0.3 is 19.7 Å². The quantitative estimate of drug-likeness (QED) is 0.653. The summed E-state index contributed by atoms with van der Waals surface area (Å²) in [5.41, 5.74) is 0. The van der Waals surface area contributed by atoms with Crippen molar-refractivity contribution in [1.82, 2.24) is 9.88 Å². The fraction of sp³-hybridized carbons (Fsp3) is 0.583. The lowest BCUT2D eigenvalue weighted by molar-refractivity contribution is -0.123. The first kappa shape index (κ1) is 13.7. The van der Waals surface area contributed by atoms with Crippen molar-refractivity contribution in [3.8, 4) is 0 Å². The highest BCUT2D eigenvalue weighted by Gasteiger charge is 2.12. The Morgan fingerprint density at radius 1 is 1.41 bits per heavy atom. The summed E-state index contributed by atoms with van der Waals surface area (Å²) in [6.07, 6.45) is 4.49. The van der Waals surface area contributed by atoms with Crippen LogP contribution in [0.1, 0.15) is 19.4 Å². The number of aliphatic hydroxyl groups excluding tert-OH is 1. The smallest absolute Gasteiger partial charge is 0.242 e. The van der Waals surface area contributed by atoms with Crippen molar-refractivity contribution in [3.05, 3.63) is 24.5 Å². The number of nitrogens with one attached hydrogen (secondary N) is 1. The maximum absolute atomic E-state index is 11.7. The van der Waals surface area contributed by atoms with Crippen LogP contribution >= 0.6 is 0 Å². The SMILES string of the molecule is CC(C(=O)NCCCOCCO)n1cccc1. The van der Waals surface area contributed by atoms with E-state index in [4.69, 9.17) is 9.84 Å². The van der Waals surface area contributed by atoms with Gasteiger partial charge in [-0.2, -0.15) is 0 Å². The van der Waals surface area contributed by atoms with Crippen molar-refractivity contribution in [2.75, 3.05) is 26.4 Å². The summed E-state index contributed by atoms with van der Waals surface area (Å²) in [6.45, 7) is 3.40. The van der Waals surface area contributed by atoms with Crippen LogP contribution < -0.4 is 5.32 Å². The average molecular weight is 240 g/mol. The number of hydrogen-bond acceptors (Lipinski definition) is 3. The van der Waals surface area contributed by atoms with E-state index in [1.165, 1.54) is 0 Å². The van der Waals surface area contributed by atoms with Crippen LogP contribution in [0.15, 0.2) is 24.5 Å². The van der Waals surface area contributed by atoms with E-state index in [0.29, 0.717) is 19.8 Å². The highest BCUT2D eigenvalue weighted by atomic mass is 16.5. The predicted octanol–water partition coefficient (Wildman–Crippen LogP) is 0.564. The van der Waals surface area contributed by atoms with Gasteiger partial charge in [0.2, 0.25) is 5.91 Å². The van der Waals surface area contributed by atoms with Crippen LogP contribution in [0.3, 0.4) is 0 Å². The summed E-state index contributed by atoms with van der Waals surface area (Å²) in [5.74, 6) is 0.00311. The van der Waals surface area contributed by atoms with Crippen LogP contribution in [0.4, 0.5) is 0 Å². The third-order valence-corrected chi connectivity index (χ3v) is 2.45. The van der Waals surface area contributed by atoms with E-state index in [1.54, 1.807) is 0 Å². The summed E-state index contributed by atoms with van der Waals surface area (Å²) in [7, 11) is 0. The van der Waals surface area contributed by atoms with Crippen LogP contribution in [-0.2, 0) is 9.53 Å². The molecule has 0 bridgehead atoms. The molecule has 5 heteroatoms. The molecule has 0 fully saturated rings. The van der Waals surface area contributed by atoms with E-state index in [1.807, 2.05) is 36.0 Å². The number of aromatic nitrogens is 1. The lowest BCUT2D eigenvalue weighted by Crippen LogP contribution is -2.31. The normalized spacial score (nSPS) is 12.4. The standard InChI is InChI=1S/C12H20N2O3/c1-11(14-6-2-3-7-14)12(16)13-5-4-9-17-10-8-15/h2-3,6-7,11,15H,4-5,8-10H2,1H3,(H,13,16). The molecule has 1 heterocycles. The second-order valence-electron chi connectivity index (χ2n) is 3.79. The Morgan fingerprint density at radius 3 is 2.76 bits per heavy atom. The minimum atomic E-state index is -0.191. The monoisotopic (exact) mass is 240 g/mol. The number of amides is 1. The Labute approximate surface area is 101 Å². The van der Waals surface area contributed by atoms with Gasteiger partial charge in [0, 0.05) is 25.5 Å². The van der Waals surface area contributed by atoms with Gasteiger partial charge in [-0.3, -0.25) is 4.79 Å². The van der Waals surface area contributed by atoms with Gasteiger partial charge in [0.1, 0.15) is 6.04 Å². The van der Waals surface area contributed by atoms with Gasteiger partial charge in [-0.05, 0) is 25.5 Å². The molecule has 0 aromatic carbocycles. The van der Waals surface area contributed by atoms with Crippen LogP contribution in [0.5, 0.6) is 0 Å². The van der Waals surface area contributed by atoms with Gasteiger partial charge in [0.15, 0.2) is 0 Å². The van der Waals surface area contributed by atoms with E-state index >= 15 is 0 Å². The van der Waals surface area contributed by atoms with Gasteiger partial charge in [0.05, 0.1) is 13.2 Å². The number of carbonyl (C=O) groups excluding carboxylic acids is 1. The molecule has 1 aromatic heterocycles. The number of hydrogen-bond donors (Lipinski definition) is 2. The maximum Gasteiger partial charge on any atom is 0.242 e. The van der Waals surface area contributed by atoms with Crippen molar-refractivity contribution < 1.29 is 14.6 Å². The molecule has 1 amide bonds. The molecule has 0 aliphatic heterocycles. The highest BCUT2D eigenvalue weighted by Crippen LogP contribution is 2.05. The summed E-state index contributed by atoms with van der Waals surface area (Å²) in [4.78, 5) is 11.7. The number of ether oxygens (including phenoxy) is 1. The summed E-state index contributed by atoms with van der Waals surface area (Å²) in [6, 6.07) is 3.60. The summed E-state index contributed by atoms with van der Waals surface area (Å²) in [5, 5.41) is 11.3. The number of nitrogens with zero attached hydrogens (tertiary/aromatic N) is 1. The van der Waals surface area contributed by atoms with Gasteiger partial charge in [-0.15, -0.1) is 0 Å². The minimum absolute atomic E-state index is 0.00311. The highest BCUT2D eigenvalue weighted by molar-refractivity contribution is 5.79. The molecule has 0 saturated carbocycles. The van der Waals surface area contributed by atoms with E-state index < -0.39 is 0 Å². The Morgan fingerprint density at radius 2 is 2.12 bits per heavy atom. The molecule has 1 unspecified atom stereocenters. The zero-order chi connectivity index (χ0) is 12.5. The number of rotatable bonds is 8. The zero-order valence-electron chi connectivity index (χ0n) is 10.1. The fourth-order valence-corrected chi connectivity index (χ4v) is 1.44. The molecule has 0 saturated heterocycles. The fourth-order valence-electron chi connectivity index (χ4n) is 1.44. The van der Waals surface area contributed by atoms with Crippen LogP contribution in [0, 0.1) is 0 Å². The first-order chi connectivity index (χ1) is 8.25. The molecule has 1 aromatic rings. The van der Waals surface area contributed by atoms with E-state index in [2.05, 4.69) is 5.32 Å². The van der Waals surface area contributed by atoms with Gasteiger partial charge in [-0.1, -0.05) is 0 Å². The Bertz CT molecular complexity index is 312. The van der Waals surface area contributed by atoms with Gasteiger partial charge >= 0.3 is 0 Å². The van der Waals surface area contributed by atoms with E-state index in [-0.39, 0.29) is 18.6 Å². The molecule has 0 aliphatic rings.